The van der Waals surface area contributed by atoms with Crippen molar-refractivity contribution in [2.24, 2.45) is 11.8 Å². The van der Waals surface area contributed by atoms with E-state index in [0.717, 1.165) is 19.1 Å². The minimum absolute atomic E-state index is 0.673. The SMILES string of the molecule is CC(C)COCC1CCNCC1. The van der Waals surface area contributed by atoms with E-state index < -0.39 is 0 Å². The molecule has 0 aromatic carbocycles. The summed E-state index contributed by atoms with van der Waals surface area (Å²) in [5.41, 5.74) is 0. The maximum absolute atomic E-state index is 5.61. The van der Waals surface area contributed by atoms with Gasteiger partial charge in [0.2, 0.25) is 0 Å². The second-order valence-electron chi connectivity index (χ2n) is 4.12. The third kappa shape index (κ3) is 4.07. The lowest BCUT2D eigenvalue weighted by Gasteiger charge is -2.22. The van der Waals surface area contributed by atoms with E-state index in [9.17, 15) is 0 Å². The molecule has 1 rings (SSSR count). The Morgan fingerprint density at radius 1 is 1.33 bits per heavy atom. The van der Waals surface area contributed by atoms with Crippen molar-refractivity contribution in [2.75, 3.05) is 26.3 Å². The zero-order chi connectivity index (χ0) is 8.81. The second kappa shape index (κ2) is 5.55. The van der Waals surface area contributed by atoms with Crippen molar-refractivity contribution >= 4 is 0 Å². The molecule has 1 N–H and O–H groups in total. The van der Waals surface area contributed by atoms with Gasteiger partial charge in [-0.25, -0.2) is 0 Å². The van der Waals surface area contributed by atoms with Crippen LogP contribution in [-0.4, -0.2) is 26.3 Å². The van der Waals surface area contributed by atoms with E-state index >= 15 is 0 Å². The third-order valence-electron chi connectivity index (χ3n) is 2.26. The summed E-state index contributed by atoms with van der Waals surface area (Å²) in [4.78, 5) is 0. The van der Waals surface area contributed by atoms with E-state index in [1.165, 1.54) is 25.9 Å². The van der Waals surface area contributed by atoms with Gasteiger partial charge in [0.25, 0.3) is 0 Å². The summed E-state index contributed by atoms with van der Waals surface area (Å²) in [6.07, 6.45) is 2.58. The first kappa shape index (κ1) is 10.0. The Morgan fingerprint density at radius 2 is 2.00 bits per heavy atom. The van der Waals surface area contributed by atoms with Crippen LogP contribution in [0.4, 0.5) is 0 Å². The molecule has 0 aliphatic carbocycles. The van der Waals surface area contributed by atoms with Gasteiger partial charge in [0, 0.05) is 13.2 Å². The third-order valence-corrected chi connectivity index (χ3v) is 2.26. The van der Waals surface area contributed by atoms with Crippen molar-refractivity contribution < 1.29 is 4.74 Å². The Kier molecular flexibility index (Phi) is 4.62. The molecular weight excluding hydrogens is 150 g/mol. The summed E-state index contributed by atoms with van der Waals surface area (Å²) in [7, 11) is 0. The highest BCUT2D eigenvalue weighted by atomic mass is 16.5. The fourth-order valence-corrected chi connectivity index (χ4v) is 1.52. The van der Waals surface area contributed by atoms with Gasteiger partial charge < -0.3 is 10.1 Å². The molecule has 1 heterocycles. The largest absolute Gasteiger partial charge is 0.381 e. The Balaban J connectivity index is 1.98. The zero-order valence-corrected chi connectivity index (χ0v) is 8.31. The minimum Gasteiger partial charge on any atom is -0.381 e. The summed E-state index contributed by atoms with van der Waals surface area (Å²) in [5.74, 6) is 1.48. The van der Waals surface area contributed by atoms with Gasteiger partial charge in [0.15, 0.2) is 0 Å². The molecule has 0 aromatic rings. The quantitative estimate of drug-likeness (QED) is 0.694. The molecule has 0 radical (unpaired) electrons. The molecule has 12 heavy (non-hydrogen) atoms. The number of hydrogen-bond acceptors (Lipinski definition) is 2. The van der Waals surface area contributed by atoms with Crippen LogP contribution in [0.25, 0.3) is 0 Å². The van der Waals surface area contributed by atoms with Crippen LogP contribution in [0.15, 0.2) is 0 Å². The molecule has 2 heteroatoms. The molecule has 72 valence electrons. The molecule has 1 fully saturated rings. The number of rotatable bonds is 4. The zero-order valence-electron chi connectivity index (χ0n) is 8.31. The van der Waals surface area contributed by atoms with Crippen molar-refractivity contribution in [3.8, 4) is 0 Å². The van der Waals surface area contributed by atoms with E-state index in [2.05, 4.69) is 19.2 Å². The number of hydrogen-bond donors (Lipinski definition) is 1. The number of nitrogens with one attached hydrogen (secondary N) is 1. The second-order valence-corrected chi connectivity index (χ2v) is 4.12. The lowest BCUT2D eigenvalue weighted by atomic mass is 9.99. The maximum Gasteiger partial charge on any atom is 0.0495 e. The molecule has 0 spiro atoms. The first-order valence-electron chi connectivity index (χ1n) is 5.07. The molecular formula is C10H21NO. The highest BCUT2D eigenvalue weighted by Crippen LogP contribution is 2.11. The summed E-state index contributed by atoms with van der Waals surface area (Å²) in [5, 5.41) is 3.36. The molecule has 0 unspecified atom stereocenters. The van der Waals surface area contributed by atoms with E-state index in [1.54, 1.807) is 0 Å². The number of ether oxygens (including phenoxy) is 1. The molecule has 2 nitrogen and oxygen atoms in total. The van der Waals surface area contributed by atoms with Crippen LogP contribution in [0.2, 0.25) is 0 Å². The highest BCUT2D eigenvalue weighted by Gasteiger charge is 2.12. The van der Waals surface area contributed by atoms with Gasteiger partial charge in [-0.15, -0.1) is 0 Å². The summed E-state index contributed by atoms with van der Waals surface area (Å²) in [6.45, 7) is 8.64. The lowest BCUT2D eigenvalue weighted by molar-refractivity contribution is 0.0700. The Bertz CT molecular complexity index is 108. The monoisotopic (exact) mass is 171 g/mol. The normalized spacial score (nSPS) is 20.2. The van der Waals surface area contributed by atoms with E-state index in [1.807, 2.05) is 0 Å². The fourth-order valence-electron chi connectivity index (χ4n) is 1.52. The lowest BCUT2D eigenvalue weighted by Crippen LogP contribution is -2.30. The maximum atomic E-state index is 5.61. The fraction of sp³-hybridized carbons (Fsp3) is 1.00. The van der Waals surface area contributed by atoms with Crippen molar-refractivity contribution in [3.63, 3.8) is 0 Å². The smallest absolute Gasteiger partial charge is 0.0495 e. The van der Waals surface area contributed by atoms with Gasteiger partial charge >= 0.3 is 0 Å². The molecule has 0 amide bonds. The van der Waals surface area contributed by atoms with Gasteiger partial charge in [0.05, 0.1) is 0 Å². The summed E-state index contributed by atoms with van der Waals surface area (Å²) < 4.78 is 5.61. The van der Waals surface area contributed by atoms with E-state index in [-0.39, 0.29) is 0 Å². The average Bonchev–Trinajstić information content (AvgIpc) is 2.05. The molecule has 0 bridgehead atoms. The molecule has 1 aliphatic heterocycles. The van der Waals surface area contributed by atoms with Crippen LogP contribution in [0, 0.1) is 11.8 Å². The van der Waals surface area contributed by atoms with Crippen LogP contribution in [0.3, 0.4) is 0 Å². The predicted molar refractivity (Wildman–Crippen MR) is 51.3 cm³/mol. The van der Waals surface area contributed by atoms with Crippen LogP contribution in [-0.2, 0) is 4.74 Å². The molecule has 0 saturated carbocycles. The van der Waals surface area contributed by atoms with Crippen molar-refractivity contribution in [1.29, 1.82) is 0 Å². The van der Waals surface area contributed by atoms with E-state index in [0.29, 0.717) is 5.92 Å². The van der Waals surface area contributed by atoms with Crippen molar-refractivity contribution in [2.45, 2.75) is 26.7 Å². The Hall–Kier alpha value is -0.0800. The average molecular weight is 171 g/mol. The molecule has 0 atom stereocenters. The highest BCUT2D eigenvalue weighted by molar-refractivity contribution is 4.67. The number of piperidine rings is 1. The van der Waals surface area contributed by atoms with Gasteiger partial charge in [-0.1, -0.05) is 13.8 Å². The first-order valence-corrected chi connectivity index (χ1v) is 5.07. The Morgan fingerprint density at radius 3 is 2.58 bits per heavy atom. The van der Waals surface area contributed by atoms with Crippen LogP contribution in [0.1, 0.15) is 26.7 Å². The van der Waals surface area contributed by atoms with Crippen LogP contribution >= 0.6 is 0 Å². The minimum atomic E-state index is 0.673. The van der Waals surface area contributed by atoms with Crippen molar-refractivity contribution in [3.05, 3.63) is 0 Å². The molecule has 1 saturated heterocycles. The van der Waals surface area contributed by atoms with Crippen molar-refractivity contribution in [1.82, 2.24) is 5.32 Å². The summed E-state index contributed by atoms with van der Waals surface area (Å²) >= 11 is 0. The van der Waals surface area contributed by atoms with Gasteiger partial charge in [0.1, 0.15) is 0 Å². The topological polar surface area (TPSA) is 21.3 Å². The van der Waals surface area contributed by atoms with Crippen LogP contribution in [0.5, 0.6) is 0 Å². The predicted octanol–water partition coefficient (Wildman–Crippen LogP) is 1.66. The standard InChI is InChI=1S/C10H21NO/c1-9(2)7-12-8-10-3-5-11-6-4-10/h9-11H,3-8H2,1-2H3. The summed E-state index contributed by atoms with van der Waals surface area (Å²) in [6, 6.07) is 0. The molecule has 0 aromatic heterocycles. The van der Waals surface area contributed by atoms with Gasteiger partial charge in [-0.3, -0.25) is 0 Å². The van der Waals surface area contributed by atoms with Crippen LogP contribution < -0.4 is 5.32 Å². The van der Waals surface area contributed by atoms with Gasteiger partial charge in [-0.2, -0.15) is 0 Å². The first-order chi connectivity index (χ1) is 5.79. The van der Waals surface area contributed by atoms with E-state index in [4.69, 9.17) is 4.74 Å². The van der Waals surface area contributed by atoms with Gasteiger partial charge in [-0.05, 0) is 37.8 Å². The Labute approximate surface area is 75.7 Å². The molecule has 1 aliphatic rings.